The first kappa shape index (κ1) is 36.6. The van der Waals surface area contributed by atoms with Crippen molar-refractivity contribution in [2.45, 2.75) is 58.8 Å². The average Bonchev–Trinajstić information content (AvgIpc) is 2.88. The van der Waals surface area contributed by atoms with Crippen LogP contribution in [0.3, 0.4) is 0 Å². The summed E-state index contributed by atoms with van der Waals surface area (Å²) in [5.74, 6) is -5.16. The van der Waals surface area contributed by atoms with E-state index in [4.69, 9.17) is 79.1 Å². The summed E-state index contributed by atoms with van der Waals surface area (Å²) in [5, 5.41) is -0.370. The third kappa shape index (κ3) is 11.4. The van der Waals surface area contributed by atoms with Crippen molar-refractivity contribution in [2.24, 2.45) is 0 Å². The second-order valence-corrected chi connectivity index (χ2v) is 11.1. The molecule has 0 aliphatic rings. The summed E-state index contributed by atoms with van der Waals surface area (Å²) in [4.78, 5) is 70.1. The highest BCUT2D eigenvalue weighted by Crippen LogP contribution is 2.46. The summed E-state index contributed by atoms with van der Waals surface area (Å²) < 4.78 is 19.7. The number of benzene rings is 2. The Morgan fingerprint density at radius 2 is 0.860 bits per heavy atom. The SMILES string of the molecule is CC(=O)OC(=O)CCCC(=O)Oc1c(Cl)cc(Cl)c(Cl)c1Cc1c(Cl)c(Cl)cc(Cl)c1OC(=O)CCCC(=O)OC(C)=O. The van der Waals surface area contributed by atoms with E-state index in [9.17, 15) is 28.8 Å². The Bertz CT molecular complexity index is 1350. The van der Waals surface area contributed by atoms with E-state index >= 15 is 0 Å². The van der Waals surface area contributed by atoms with Crippen LogP contribution in [0.4, 0.5) is 0 Å². The van der Waals surface area contributed by atoms with E-state index in [0.717, 1.165) is 13.8 Å². The van der Waals surface area contributed by atoms with Crippen molar-refractivity contribution in [3.8, 4) is 11.5 Å². The Balaban J connectivity index is 2.33. The number of ether oxygens (including phenoxy) is 4. The molecule has 2 aromatic carbocycles. The Hall–Kier alpha value is -2.60. The maximum Gasteiger partial charge on any atom is 0.313 e. The van der Waals surface area contributed by atoms with Crippen LogP contribution in [0.15, 0.2) is 12.1 Å². The minimum Gasteiger partial charge on any atom is -0.425 e. The number of halogens is 6. The van der Waals surface area contributed by atoms with E-state index in [-0.39, 0.29) is 97.7 Å². The molecule has 2 aromatic rings. The van der Waals surface area contributed by atoms with E-state index in [1.54, 1.807) is 0 Å². The van der Waals surface area contributed by atoms with Crippen LogP contribution in [0.5, 0.6) is 11.5 Å². The molecule has 0 aliphatic heterocycles. The van der Waals surface area contributed by atoms with Crippen LogP contribution in [0.1, 0.15) is 63.5 Å². The smallest absolute Gasteiger partial charge is 0.313 e. The van der Waals surface area contributed by atoms with Crippen LogP contribution in [-0.2, 0) is 44.7 Å². The van der Waals surface area contributed by atoms with Crippen LogP contribution in [0, 0.1) is 0 Å². The summed E-state index contributed by atoms with van der Waals surface area (Å²) in [6.45, 7) is 2.14. The first-order valence-corrected chi connectivity index (χ1v) is 14.5. The highest BCUT2D eigenvalue weighted by Gasteiger charge is 2.26. The molecule has 0 aromatic heterocycles. The molecule has 0 radical (unpaired) electrons. The van der Waals surface area contributed by atoms with E-state index in [1.165, 1.54) is 12.1 Å². The van der Waals surface area contributed by atoms with E-state index in [2.05, 4.69) is 9.47 Å². The van der Waals surface area contributed by atoms with Crippen molar-refractivity contribution in [3.05, 3.63) is 53.4 Å². The molecule has 0 bridgehead atoms. The molecular formula is C27H22Cl6O10. The van der Waals surface area contributed by atoms with Crippen LogP contribution in [0.2, 0.25) is 30.1 Å². The van der Waals surface area contributed by atoms with E-state index in [0.29, 0.717) is 0 Å². The largest absolute Gasteiger partial charge is 0.425 e. The second kappa shape index (κ2) is 17.0. The van der Waals surface area contributed by atoms with Crippen LogP contribution >= 0.6 is 69.6 Å². The predicted octanol–water partition coefficient (Wildman–Crippen LogP) is 7.53. The number of esters is 6. The first-order valence-electron chi connectivity index (χ1n) is 12.3. The Kier molecular flexibility index (Phi) is 14.5. The van der Waals surface area contributed by atoms with Crippen molar-refractivity contribution < 1.29 is 47.7 Å². The molecular weight excluding hydrogens is 697 g/mol. The Morgan fingerprint density at radius 3 is 1.19 bits per heavy atom. The molecule has 43 heavy (non-hydrogen) atoms. The van der Waals surface area contributed by atoms with Crippen molar-refractivity contribution in [1.82, 2.24) is 0 Å². The van der Waals surface area contributed by atoms with Gasteiger partial charge in [-0.05, 0) is 25.0 Å². The summed E-state index contributed by atoms with van der Waals surface area (Å²) in [7, 11) is 0. The van der Waals surface area contributed by atoms with Crippen LogP contribution in [-0.4, -0.2) is 35.8 Å². The molecule has 0 unspecified atom stereocenters. The zero-order valence-electron chi connectivity index (χ0n) is 22.5. The highest BCUT2D eigenvalue weighted by molar-refractivity contribution is 6.45. The van der Waals surface area contributed by atoms with Gasteiger partial charge in [0, 0.05) is 57.1 Å². The fourth-order valence-electron chi connectivity index (χ4n) is 3.48. The molecule has 0 N–H and O–H groups in total. The molecule has 16 heteroatoms. The van der Waals surface area contributed by atoms with Gasteiger partial charge >= 0.3 is 35.8 Å². The lowest BCUT2D eigenvalue weighted by atomic mass is 10.0. The van der Waals surface area contributed by atoms with Gasteiger partial charge in [0.1, 0.15) is 0 Å². The van der Waals surface area contributed by atoms with Crippen LogP contribution in [0.25, 0.3) is 0 Å². The monoisotopic (exact) mass is 716 g/mol. The maximum atomic E-state index is 12.6. The molecule has 2 rings (SSSR count). The Morgan fingerprint density at radius 1 is 0.535 bits per heavy atom. The average molecular weight is 719 g/mol. The zero-order chi connectivity index (χ0) is 32.4. The molecule has 0 atom stereocenters. The van der Waals surface area contributed by atoms with Gasteiger partial charge in [-0.2, -0.15) is 0 Å². The molecule has 0 saturated carbocycles. The zero-order valence-corrected chi connectivity index (χ0v) is 27.0. The minimum atomic E-state index is -0.806. The third-order valence-electron chi connectivity index (χ3n) is 5.26. The third-order valence-corrected chi connectivity index (χ3v) is 7.48. The number of carbonyl (C=O) groups excluding carboxylic acids is 6. The molecule has 0 saturated heterocycles. The van der Waals surface area contributed by atoms with E-state index in [1.807, 2.05) is 0 Å². The van der Waals surface area contributed by atoms with Crippen molar-refractivity contribution in [3.63, 3.8) is 0 Å². The van der Waals surface area contributed by atoms with Gasteiger partial charge in [0.05, 0.1) is 30.1 Å². The topological polar surface area (TPSA) is 139 Å². The summed E-state index contributed by atoms with van der Waals surface area (Å²) in [6.07, 6.45) is -1.24. The molecule has 0 aliphatic carbocycles. The molecule has 10 nitrogen and oxygen atoms in total. The van der Waals surface area contributed by atoms with Crippen LogP contribution < -0.4 is 9.47 Å². The summed E-state index contributed by atoms with van der Waals surface area (Å²) >= 11 is 38.1. The standard InChI is InChI=1S/C27H22Cl6O10/c1-12(34)40-20(36)5-3-7-22(38)42-26-14(24(32)16(28)10-18(26)30)9-15-25(33)17(29)11-19(31)27(15)43-23(39)8-4-6-21(37)41-13(2)35/h10-11H,3-9H2,1-2H3. The minimum absolute atomic E-state index is 0.00151. The maximum absolute atomic E-state index is 12.6. The Labute approximate surface area is 275 Å². The second-order valence-electron chi connectivity index (χ2n) is 8.69. The molecule has 0 spiro atoms. The van der Waals surface area contributed by atoms with Gasteiger partial charge in [0.15, 0.2) is 11.5 Å². The van der Waals surface area contributed by atoms with Crippen molar-refractivity contribution in [2.75, 3.05) is 0 Å². The molecule has 0 amide bonds. The van der Waals surface area contributed by atoms with Gasteiger partial charge in [-0.15, -0.1) is 0 Å². The summed E-state index contributed by atoms with van der Waals surface area (Å²) in [6, 6.07) is 2.48. The van der Waals surface area contributed by atoms with Gasteiger partial charge in [0.25, 0.3) is 0 Å². The van der Waals surface area contributed by atoms with Gasteiger partial charge in [0.2, 0.25) is 0 Å². The summed E-state index contributed by atoms with van der Waals surface area (Å²) in [5.41, 5.74) is 0.126. The van der Waals surface area contributed by atoms with E-state index < -0.39 is 35.8 Å². The van der Waals surface area contributed by atoms with Gasteiger partial charge in [-0.3, -0.25) is 28.8 Å². The highest BCUT2D eigenvalue weighted by atomic mass is 35.5. The van der Waals surface area contributed by atoms with Gasteiger partial charge in [-0.1, -0.05) is 69.6 Å². The fraction of sp³-hybridized carbons (Fsp3) is 0.333. The van der Waals surface area contributed by atoms with Gasteiger partial charge in [-0.25, -0.2) is 0 Å². The number of rotatable bonds is 12. The van der Waals surface area contributed by atoms with Crippen molar-refractivity contribution >= 4 is 105 Å². The predicted molar refractivity (Wildman–Crippen MR) is 158 cm³/mol. The lowest BCUT2D eigenvalue weighted by Gasteiger charge is -2.18. The van der Waals surface area contributed by atoms with Gasteiger partial charge < -0.3 is 18.9 Å². The normalized spacial score (nSPS) is 10.6. The quantitative estimate of drug-likeness (QED) is 0.0937. The first-order chi connectivity index (χ1) is 20.1. The number of carbonyl (C=O) groups is 6. The lowest BCUT2D eigenvalue weighted by Crippen LogP contribution is -2.14. The van der Waals surface area contributed by atoms with Crippen molar-refractivity contribution in [1.29, 1.82) is 0 Å². The number of hydrogen-bond donors (Lipinski definition) is 0. The lowest BCUT2D eigenvalue weighted by molar-refractivity contribution is -0.160. The fourth-order valence-corrected chi connectivity index (χ4v) is 4.97. The number of hydrogen-bond acceptors (Lipinski definition) is 10. The molecule has 232 valence electrons. The molecule has 0 fully saturated rings. The molecule has 0 heterocycles.